The normalized spacial score (nSPS) is 33.0. The third-order valence-electron chi connectivity index (χ3n) is 13.1. The summed E-state index contributed by atoms with van der Waals surface area (Å²) in [7, 11) is 0. The van der Waals surface area contributed by atoms with Gasteiger partial charge in [0.05, 0.1) is 30.2 Å². The summed E-state index contributed by atoms with van der Waals surface area (Å²) in [4.78, 5) is 69.3. The van der Waals surface area contributed by atoms with Gasteiger partial charge in [-0.2, -0.15) is 0 Å². The number of aliphatic hydroxyl groups is 4. The number of nitrogens with one attached hydrogen (secondary N) is 1. The molecule has 11 atom stereocenters. The minimum Gasteiger partial charge on any atom is -0.456 e. The van der Waals surface area contributed by atoms with Gasteiger partial charge in [0.15, 0.2) is 17.5 Å². The summed E-state index contributed by atoms with van der Waals surface area (Å²) in [5, 5.41) is 51.2. The van der Waals surface area contributed by atoms with Crippen molar-refractivity contribution in [1.29, 1.82) is 0 Å². The van der Waals surface area contributed by atoms with Gasteiger partial charge in [-0.1, -0.05) is 87.5 Å². The molecule has 14 nitrogen and oxygen atoms in total. The van der Waals surface area contributed by atoms with E-state index >= 15 is 0 Å². The first-order valence-electron chi connectivity index (χ1n) is 19.6. The first-order valence-corrected chi connectivity index (χ1v) is 19.6. The Hall–Kier alpha value is -5.25. The number of ether oxygens (including phenoxy) is 4. The largest absolute Gasteiger partial charge is 0.456 e. The molecule has 4 aliphatic rings. The lowest BCUT2D eigenvalue weighted by molar-refractivity contribution is -0.373. The van der Waals surface area contributed by atoms with Crippen LogP contribution >= 0.6 is 0 Å². The Morgan fingerprint density at radius 1 is 0.864 bits per heavy atom. The maximum absolute atomic E-state index is 14.8. The first-order chi connectivity index (χ1) is 27.9. The number of hydrogen-bond acceptors (Lipinski definition) is 13. The zero-order valence-corrected chi connectivity index (χ0v) is 33.4. The molecule has 3 aliphatic carbocycles. The van der Waals surface area contributed by atoms with Crippen molar-refractivity contribution in [2.24, 2.45) is 16.7 Å². The van der Waals surface area contributed by atoms with Crippen LogP contribution in [0.4, 0.5) is 0 Å². The van der Waals surface area contributed by atoms with E-state index in [0.29, 0.717) is 5.56 Å². The molecule has 1 heterocycles. The smallest absolute Gasteiger partial charge is 0.338 e. The van der Waals surface area contributed by atoms with E-state index in [1.807, 2.05) is 0 Å². The molecule has 3 aromatic rings. The van der Waals surface area contributed by atoms with Crippen LogP contribution in [0.15, 0.2) is 102 Å². The number of hydrogen-bond donors (Lipinski definition) is 5. The van der Waals surface area contributed by atoms with Crippen molar-refractivity contribution in [1.82, 2.24) is 5.32 Å². The molecule has 1 saturated heterocycles. The van der Waals surface area contributed by atoms with Crippen molar-refractivity contribution in [3.63, 3.8) is 0 Å². The fourth-order valence-electron chi connectivity index (χ4n) is 10.1. The Kier molecular flexibility index (Phi) is 10.9. The van der Waals surface area contributed by atoms with Crippen LogP contribution in [0.25, 0.3) is 0 Å². The fraction of sp³-hybridized carbons (Fsp3) is 0.444. The van der Waals surface area contributed by atoms with E-state index in [2.05, 4.69) is 5.32 Å². The first kappa shape index (κ1) is 41.9. The number of ketones is 1. The third-order valence-corrected chi connectivity index (χ3v) is 13.1. The Bertz CT molecular complexity index is 2160. The second kappa shape index (κ2) is 15.4. The predicted octanol–water partition coefficient (Wildman–Crippen LogP) is 3.16. The zero-order chi connectivity index (χ0) is 42.7. The molecule has 312 valence electrons. The maximum atomic E-state index is 14.8. The molecule has 2 saturated carbocycles. The van der Waals surface area contributed by atoms with E-state index in [4.69, 9.17) is 18.9 Å². The van der Waals surface area contributed by atoms with E-state index in [-0.39, 0.29) is 28.9 Å². The molecule has 5 N–H and O–H groups in total. The fourth-order valence-corrected chi connectivity index (χ4v) is 10.1. The van der Waals surface area contributed by atoms with Gasteiger partial charge in [0.2, 0.25) is 0 Å². The second-order valence-corrected chi connectivity index (χ2v) is 16.9. The third kappa shape index (κ3) is 6.86. The topological polar surface area (TPSA) is 215 Å². The Morgan fingerprint density at radius 2 is 1.44 bits per heavy atom. The van der Waals surface area contributed by atoms with Gasteiger partial charge in [0.25, 0.3) is 5.91 Å². The molecule has 0 spiro atoms. The Labute approximate surface area is 341 Å². The highest BCUT2D eigenvalue weighted by atomic mass is 16.6. The Balaban J connectivity index is 1.33. The molecular formula is C45H49NO13. The zero-order valence-electron chi connectivity index (χ0n) is 33.4. The quantitative estimate of drug-likeness (QED) is 0.155. The highest BCUT2D eigenvalue weighted by molar-refractivity contribution is 5.99. The highest BCUT2D eigenvalue weighted by Gasteiger charge is 2.78. The molecular weight excluding hydrogens is 762 g/mol. The van der Waals surface area contributed by atoms with Crippen LogP contribution in [0, 0.1) is 16.7 Å². The molecule has 1 aliphatic heterocycles. The van der Waals surface area contributed by atoms with Gasteiger partial charge in [0.1, 0.15) is 30.0 Å². The number of carbonyl (C=O) groups excluding carboxylic acids is 5. The highest BCUT2D eigenvalue weighted by Crippen LogP contribution is 2.64. The lowest BCUT2D eigenvalue weighted by Gasteiger charge is -2.68. The van der Waals surface area contributed by atoms with Gasteiger partial charge in [-0.15, -0.1) is 0 Å². The second-order valence-electron chi connectivity index (χ2n) is 16.9. The predicted molar refractivity (Wildman–Crippen MR) is 208 cm³/mol. The molecule has 59 heavy (non-hydrogen) atoms. The molecule has 2 bridgehead atoms. The van der Waals surface area contributed by atoms with Gasteiger partial charge in [-0.05, 0) is 42.3 Å². The van der Waals surface area contributed by atoms with Crippen LogP contribution in [0.5, 0.6) is 0 Å². The van der Waals surface area contributed by atoms with E-state index in [0.717, 1.165) is 6.92 Å². The van der Waals surface area contributed by atoms with Crippen LogP contribution in [-0.4, -0.2) is 104 Å². The number of aliphatic hydroxyl groups excluding tert-OH is 3. The summed E-state index contributed by atoms with van der Waals surface area (Å²) in [5.41, 5.74) is -6.38. The summed E-state index contributed by atoms with van der Waals surface area (Å²) in [5.74, 6) is -5.39. The van der Waals surface area contributed by atoms with Crippen LogP contribution in [-0.2, 0) is 33.3 Å². The molecule has 1 amide bonds. The van der Waals surface area contributed by atoms with Crippen LogP contribution in [0.3, 0.4) is 0 Å². The van der Waals surface area contributed by atoms with Crippen LogP contribution in [0.1, 0.15) is 79.8 Å². The summed E-state index contributed by atoms with van der Waals surface area (Å²) in [6.45, 7) is 7.07. The average Bonchev–Trinajstić information content (AvgIpc) is 3.20. The maximum Gasteiger partial charge on any atom is 0.338 e. The average molecular weight is 812 g/mol. The number of benzene rings is 3. The van der Waals surface area contributed by atoms with Crippen molar-refractivity contribution in [3.05, 3.63) is 119 Å². The summed E-state index contributed by atoms with van der Waals surface area (Å²) in [6.07, 6.45) is -10.8. The summed E-state index contributed by atoms with van der Waals surface area (Å²) >= 11 is 0. The van der Waals surface area contributed by atoms with Gasteiger partial charge in [-0.3, -0.25) is 14.4 Å². The minimum absolute atomic E-state index is 0.0196. The minimum atomic E-state index is -2.33. The summed E-state index contributed by atoms with van der Waals surface area (Å²) in [6, 6.07) is 23.2. The van der Waals surface area contributed by atoms with Gasteiger partial charge in [-0.25, -0.2) is 9.59 Å². The number of rotatable bonds is 9. The number of fused-ring (bicyclic) bond motifs is 5. The van der Waals surface area contributed by atoms with Crippen molar-refractivity contribution < 1.29 is 63.3 Å². The lowest BCUT2D eigenvalue weighted by Crippen LogP contribution is -2.83. The van der Waals surface area contributed by atoms with Crippen LogP contribution < -0.4 is 5.32 Å². The standard InChI is InChI=1S/C45H49NO13/c1-24-30(57-41(54)33(49)32(26-15-9-6-10-16-26)46-39(52)27-17-11-7-12-18-27)22-45(55)38(58-40(53)28-19-13-8-14-20-28)35-43(5,21-29(48)31(24)42(45,3)4)36(51)34(50)37-44(35,23-56-37)59-25(2)47/h6-20,30,32-38,49-51,55H,21-23H2,1-5H3,(H,46,52)/t30-,32-,33+,34+,35-,36-,37+,38-,43-,44+,45+/m0/s1. The number of amides is 1. The monoisotopic (exact) mass is 811 g/mol. The van der Waals surface area contributed by atoms with Crippen molar-refractivity contribution >= 4 is 29.6 Å². The molecule has 14 heteroatoms. The Morgan fingerprint density at radius 3 is 2.00 bits per heavy atom. The molecule has 3 fully saturated rings. The van der Waals surface area contributed by atoms with Gasteiger partial charge >= 0.3 is 17.9 Å². The van der Waals surface area contributed by atoms with Crippen molar-refractivity contribution in [3.8, 4) is 0 Å². The molecule has 3 aromatic carbocycles. The van der Waals surface area contributed by atoms with Crippen LogP contribution in [0.2, 0.25) is 0 Å². The molecule has 0 aromatic heterocycles. The molecule has 0 unspecified atom stereocenters. The number of esters is 3. The van der Waals surface area contributed by atoms with Crippen molar-refractivity contribution in [2.45, 2.75) is 101 Å². The van der Waals surface area contributed by atoms with Gasteiger partial charge < -0.3 is 44.7 Å². The molecule has 0 radical (unpaired) electrons. The van der Waals surface area contributed by atoms with Gasteiger partial charge in [0, 0.05) is 41.7 Å². The van der Waals surface area contributed by atoms with E-state index in [1.54, 1.807) is 99.6 Å². The van der Waals surface area contributed by atoms with E-state index in [1.165, 1.54) is 19.1 Å². The van der Waals surface area contributed by atoms with E-state index < -0.39 is 113 Å². The summed E-state index contributed by atoms with van der Waals surface area (Å²) < 4.78 is 24.1. The van der Waals surface area contributed by atoms with E-state index in [9.17, 15) is 44.4 Å². The lowest BCUT2D eigenvalue weighted by atomic mass is 9.45. The SMILES string of the molecule is CC(=O)O[C@@]12CO[C@@H]1[C@H](O)[C@H](O)[C@@]1(C)CC(=O)C3=C(C)[C@@H](OC(=O)[C@H](O)[C@@H](NC(=O)c4ccccc4)c4ccccc4)C[C@@](O)([C@@H](OC(=O)c4ccccc4)[C@@H]12)C3(C)C. The molecule has 7 rings (SSSR count). The van der Waals surface area contributed by atoms with Crippen molar-refractivity contribution in [2.75, 3.05) is 6.61 Å². The number of Topliss-reactive ketones (excluding diaryl/α,β-unsaturated/α-hetero) is 1. The number of carbonyl (C=O) groups is 5.